The number of carbonyl (C=O) groups is 1. The Kier molecular flexibility index (Phi) is 5.87. The van der Waals surface area contributed by atoms with E-state index >= 15 is 0 Å². The first-order valence-electron chi connectivity index (χ1n) is 6.17. The van der Waals surface area contributed by atoms with E-state index in [1.165, 1.54) is 0 Å². The molecule has 1 aromatic heterocycles. The summed E-state index contributed by atoms with van der Waals surface area (Å²) in [5.74, 6) is 0.854. The van der Waals surface area contributed by atoms with Crippen molar-refractivity contribution in [1.82, 2.24) is 10.2 Å². The highest BCUT2D eigenvalue weighted by Gasteiger charge is 2.18. The van der Waals surface area contributed by atoms with Crippen molar-refractivity contribution >= 4 is 22.0 Å². The Morgan fingerprint density at radius 3 is 2.68 bits per heavy atom. The lowest BCUT2D eigenvalue weighted by Crippen LogP contribution is -2.37. The summed E-state index contributed by atoms with van der Waals surface area (Å²) in [6.45, 7) is 7.45. The molecule has 0 spiro atoms. The first kappa shape index (κ1) is 16.0. The zero-order valence-corrected chi connectivity index (χ0v) is 13.4. The Bertz CT molecular complexity index is 412. The highest BCUT2D eigenvalue weighted by molar-refractivity contribution is 9.10. The van der Waals surface area contributed by atoms with Crippen LogP contribution in [0.15, 0.2) is 21.2 Å². The second-order valence-electron chi connectivity index (χ2n) is 5.28. The van der Waals surface area contributed by atoms with Gasteiger partial charge < -0.3 is 19.4 Å². The van der Waals surface area contributed by atoms with E-state index in [2.05, 4.69) is 21.2 Å². The van der Waals surface area contributed by atoms with Crippen molar-refractivity contribution < 1.29 is 13.9 Å². The third-order valence-electron chi connectivity index (χ3n) is 2.26. The highest BCUT2D eigenvalue weighted by atomic mass is 79.9. The molecule has 19 heavy (non-hydrogen) atoms. The Labute approximate surface area is 122 Å². The van der Waals surface area contributed by atoms with Crippen molar-refractivity contribution in [2.45, 2.75) is 32.9 Å². The summed E-state index contributed by atoms with van der Waals surface area (Å²) >= 11 is 3.25. The van der Waals surface area contributed by atoms with Crippen molar-refractivity contribution in [3.05, 3.63) is 22.6 Å². The molecular weight excluding hydrogens is 312 g/mol. The van der Waals surface area contributed by atoms with Crippen LogP contribution in [0.4, 0.5) is 4.79 Å². The zero-order chi connectivity index (χ0) is 14.5. The van der Waals surface area contributed by atoms with Crippen LogP contribution in [0, 0.1) is 0 Å². The first-order chi connectivity index (χ1) is 8.78. The van der Waals surface area contributed by atoms with E-state index < -0.39 is 5.60 Å². The number of nitrogens with zero attached hydrogens (tertiary/aromatic N) is 1. The van der Waals surface area contributed by atoms with Crippen LogP contribution in [-0.4, -0.2) is 36.7 Å². The Morgan fingerprint density at radius 2 is 2.16 bits per heavy atom. The predicted molar refractivity (Wildman–Crippen MR) is 77.0 cm³/mol. The van der Waals surface area contributed by atoms with Crippen LogP contribution in [0.25, 0.3) is 0 Å². The van der Waals surface area contributed by atoms with E-state index in [9.17, 15) is 4.79 Å². The van der Waals surface area contributed by atoms with Gasteiger partial charge in [-0.1, -0.05) is 0 Å². The average Bonchev–Trinajstić information content (AvgIpc) is 2.68. The molecule has 1 aromatic rings. The van der Waals surface area contributed by atoms with E-state index in [0.717, 1.165) is 10.4 Å². The molecule has 1 N–H and O–H groups in total. The fourth-order valence-corrected chi connectivity index (χ4v) is 1.68. The molecule has 0 saturated carbocycles. The van der Waals surface area contributed by atoms with Gasteiger partial charge in [-0.15, -0.1) is 0 Å². The summed E-state index contributed by atoms with van der Waals surface area (Å²) in [6.07, 6.45) is -0.310. The number of rotatable bonds is 5. The number of hydrogen-bond donors (Lipinski definition) is 1. The molecule has 0 aromatic carbocycles. The summed E-state index contributed by atoms with van der Waals surface area (Å²) in [7, 11) is 1.72. The van der Waals surface area contributed by atoms with Crippen molar-refractivity contribution in [2.75, 3.05) is 20.1 Å². The monoisotopic (exact) mass is 332 g/mol. The molecule has 0 aliphatic carbocycles. The van der Waals surface area contributed by atoms with Crippen LogP contribution < -0.4 is 5.32 Å². The van der Waals surface area contributed by atoms with Crippen molar-refractivity contribution in [3.63, 3.8) is 0 Å². The van der Waals surface area contributed by atoms with Gasteiger partial charge in [0.25, 0.3) is 0 Å². The van der Waals surface area contributed by atoms with Gasteiger partial charge in [-0.2, -0.15) is 0 Å². The largest absolute Gasteiger partial charge is 0.453 e. The Balaban J connectivity index is 2.20. The van der Waals surface area contributed by atoms with Gasteiger partial charge in [-0.3, -0.25) is 0 Å². The number of carbonyl (C=O) groups excluding carboxylic acids is 1. The predicted octanol–water partition coefficient (Wildman–Crippen LogP) is 3.00. The third kappa shape index (κ3) is 6.63. The molecule has 0 fully saturated rings. The first-order valence-corrected chi connectivity index (χ1v) is 6.96. The van der Waals surface area contributed by atoms with Crippen LogP contribution in [0.2, 0.25) is 0 Å². The minimum Gasteiger partial charge on any atom is -0.453 e. The van der Waals surface area contributed by atoms with Crippen LogP contribution in [-0.2, 0) is 11.3 Å². The molecule has 0 bridgehead atoms. The van der Waals surface area contributed by atoms with E-state index in [1.807, 2.05) is 32.9 Å². The Hall–Kier alpha value is -1.01. The molecule has 6 heteroatoms. The molecule has 0 aliphatic rings. The number of halogens is 1. The zero-order valence-electron chi connectivity index (χ0n) is 11.8. The van der Waals surface area contributed by atoms with Crippen molar-refractivity contribution in [1.29, 1.82) is 0 Å². The minimum atomic E-state index is -0.459. The second-order valence-corrected chi connectivity index (χ2v) is 6.07. The molecule has 1 amide bonds. The summed E-state index contributed by atoms with van der Waals surface area (Å²) < 4.78 is 11.3. The third-order valence-corrected chi connectivity index (χ3v) is 2.68. The summed E-state index contributed by atoms with van der Waals surface area (Å²) in [5.41, 5.74) is -0.459. The van der Waals surface area contributed by atoms with E-state index in [0.29, 0.717) is 19.6 Å². The number of furan rings is 1. The van der Waals surface area contributed by atoms with E-state index in [-0.39, 0.29) is 6.09 Å². The standard InChI is InChI=1S/C13H21BrN2O3/c1-13(2,3)19-12(17)16(4)8-7-15-9-10-5-6-11(14)18-10/h5-6,15H,7-9H2,1-4H3. The topological polar surface area (TPSA) is 54.7 Å². The molecule has 108 valence electrons. The smallest absolute Gasteiger partial charge is 0.410 e. The molecule has 0 radical (unpaired) electrons. The Morgan fingerprint density at radius 1 is 1.47 bits per heavy atom. The highest BCUT2D eigenvalue weighted by Crippen LogP contribution is 2.13. The SMILES string of the molecule is CN(CCNCc1ccc(Br)o1)C(=O)OC(C)(C)C. The normalized spacial score (nSPS) is 11.4. The van der Waals surface area contributed by atoms with Crippen LogP contribution in [0.1, 0.15) is 26.5 Å². The average molecular weight is 333 g/mol. The second kappa shape index (κ2) is 6.96. The van der Waals surface area contributed by atoms with E-state index in [1.54, 1.807) is 11.9 Å². The van der Waals surface area contributed by atoms with Gasteiger partial charge in [0.2, 0.25) is 0 Å². The summed E-state index contributed by atoms with van der Waals surface area (Å²) in [4.78, 5) is 13.2. The molecule has 0 aliphatic heterocycles. The number of likely N-dealkylation sites (N-methyl/N-ethyl adjacent to an activating group) is 1. The molecular formula is C13H21BrN2O3. The van der Waals surface area contributed by atoms with Crippen LogP contribution in [0.3, 0.4) is 0 Å². The maximum atomic E-state index is 11.7. The molecule has 5 nitrogen and oxygen atoms in total. The van der Waals surface area contributed by atoms with Gasteiger partial charge in [0.1, 0.15) is 11.4 Å². The number of ether oxygens (including phenoxy) is 1. The van der Waals surface area contributed by atoms with Crippen molar-refractivity contribution in [3.8, 4) is 0 Å². The molecule has 0 saturated heterocycles. The van der Waals surface area contributed by atoms with Crippen LogP contribution in [0.5, 0.6) is 0 Å². The van der Waals surface area contributed by atoms with Crippen molar-refractivity contribution in [2.24, 2.45) is 0 Å². The molecule has 1 rings (SSSR count). The van der Waals surface area contributed by atoms with Gasteiger partial charge in [0.05, 0.1) is 6.54 Å². The summed E-state index contributed by atoms with van der Waals surface area (Å²) in [5, 5.41) is 3.20. The number of hydrogen-bond acceptors (Lipinski definition) is 4. The minimum absolute atomic E-state index is 0.310. The maximum absolute atomic E-state index is 11.7. The number of nitrogens with one attached hydrogen (secondary N) is 1. The lowest BCUT2D eigenvalue weighted by atomic mass is 10.2. The maximum Gasteiger partial charge on any atom is 0.410 e. The summed E-state index contributed by atoms with van der Waals surface area (Å²) in [6, 6.07) is 3.75. The number of amides is 1. The van der Waals surface area contributed by atoms with Gasteiger partial charge in [0.15, 0.2) is 4.67 Å². The fourth-order valence-electron chi connectivity index (χ4n) is 1.34. The van der Waals surface area contributed by atoms with Gasteiger partial charge in [0, 0.05) is 20.1 Å². The lowest BCUT2D eigenvalue weighted by Gasteiger charge is -2.24. The van der Waals surface area contributed by atoms with Crippen LogP contribution >= 0.6 is 15.9 Å². The molecule has 0 unspecified atom stereocenters. The van der Waals surface area contributed by atoms with Gasteiger partial charge in [-0.25, -0.2) is 4.79 Å². The molecule has 1 heterocycles. The van der Waals surface area contributed by atoms with E-state index in [4.69, 9.17) is 9.15 Å². The van der Waals surface area contributed by atoms with Gasteiger partial charge in [-0.05, 0) is 48.8 Å². The quantitative estimate of drug-likeness (QED) is 0.842. The fraction of sp³-hybridized carbons (Fsp3) is 0.615. The molecule has 0 atom stereocenters. The van der Waals surface area contributed by atoms with Gasteiger partial charge >= 0.3 is 6.09 Å². The lowest BCUT2D eigenvalue weighted by molar-refractivity contribution is 0.0300.